The molecule has 4 heterocycles. The van der Waals surface area contributed by atoms with Crippen molar-refractivity contribution in [3.63, 3.8) is 0 Å². The SMILES string of the molecule is C=CC(=O)Nc1cc(Cc2nccc(-n3ccc4ccccc43)n2)c(OC)cc1N1CCC(N2CCOCC2)CC1. The van der Waals surface area contributed by atoms with Crippen LogP contribution >= 0.6 is 0 Å². The number of carbonyl (C=O) groups is 1. The van der Waals surface area contributed by atoms with Gasteiger partial charge in [0.1, 0.15) is 17.4 Å². The Balaban J connectivity index is 1.27. The third kappa shape index (κ3) is 5.82. The zero-order chi connectivity index (χ0) is 28.2. The van der Waals surface area contributed by atoms with E-state index in [0.29, 0.717) is 18.3 Å². The van der Waals surface area contributed by atoms with Crippen molar-refractivity contribution in [3.8, 4) is 11.6 Å². The molecule has 9 nitrogen and oxygen atoms in total. The molecule has 0 saturated carbocycles. The molecule has 2 aromatic carbocycles. The molecule has 2 saturated heterocycles. The van der Waals surface area contributed by atoms with E-state index in [1.807, 2.05) is 36.5 Å². The van der Waals surface area contributed by atoms with Gasteiger partial charge in [-0.15, -0.1) is 0 Å². The highest BCUT2D eigenvalue weighted by molar-refractivity contribution is 6.01. The molecule has 4 aromatic rings. The van der Waals surface area contributed by atoms with Crippen LogP contribution in [-0.2, 0) is 16.0 Å². The highest BCUT2D eigenvalue weighted by atomic mass is 16.5. The molecule has 0 radical (unpaired) electrons. The summed E-state index contributed by atoms with van der Waals surface area (Å²) in [5, 5.41) is 4.19. The monoisotopic (exact) mass is 552 g/mol. The standard InChI is InChI=1S/C32H36N6O3/c1-3-32(39)34-26-20-24(21-30-33-12-8-31(35-30)38-15-9-23-6-4-5-7-27(23)38)29(40-2)22-28(26)37-13-10-25(11-14-37)36-16-18-41-19-17-36/h3-9,12,15,20,22,25H,1,10-11,13-14,16-19,21H2,2H3,(H,34,39). The number of fused-ring (bicyclic) bond motifs is 1. The van der Waals surface area contributed by atoms with Gasteiger partial charge in [-0.3, -0.25) is 9.69 Å². The first-order valence-corrected chi connectivity index (χ1v) is 14.2. The Bertz CT molecular complexity index is 1540. The van der Waals surface area contributed by atoms with Crippen molar-refractivity contribution in [2.45, 2.75) is 25.3 Å². The number of hydrogen-bond acceptors (Lipinski definition) is 7. The summed E-state index contributed by atoms with van der Waals surface area (Å²) >= 11 is 0. The van der Waals surface area contributed by atoms with Gasteiger partial charge in [-0.2, -0.15) is 0 Å². The molecule has 0 atom stereocenters. The molecular formula is C32H36N6O3. The molecule has 0 aliphatic carbocycles. The van der Waals surface area contributed by atoms with E-state index in [1.165, 1.54) is 6.08 Å². The number of benzene rings is 2. The summed E-state index contributed by atoms with van der Waals surface area (Å²) < 4.78 is 13.5. The maximum atomic E-state index is 12.5. The summed E-state index contributed by atoms with van der Waals surface area (Å²) in [5.74, 6) is 1.96. The lowest BCUT2D eigenvalue weighted by Gasteiger charge is -2.41. The Hall–Kier alpha value is -4.21. The second-order valence-electron chi connectivity index (χ2n) is 10.5. The van der Waals surface area contributed by atoms with Crippen LogP contribution in [0.2, 0.25) is 0 Å². The molecule has 0 bridgehead atoms. The minimum Gasteiger partial charge on any atom is -0.496 e. The first-order chi connectivity index (χ1) is 20.1. The molecule has 2 aliphatic heterocycles. The fraction of sp³-hybridized carbons (Fsp3) is 0.344. The summed E-state index contributed by atoms with van der Waals surface area (Å²) in [4.78, 5) is 26.8. The van der Waals surface area contributed by atoms with Crippen LogP contribution < -0.4 is 15.0 Å². The third-order valence-corrected chi connectivity index (χ3v) is 8.09. The second kappa shape index (κ2) is 12.1. The van der Waals surface area contributed by atoms with E-state index >= 15 is 0 Å². The summed E-state index contributed by atoms with van der Waals surface area (Å²) in [7, 11) is 1.68. The number of nitrogens with one attached hydrogen (secondary N) is 1. The highest BCUT2D eigenvalue weighted by Gasteiger charge is 2.28. The Morgan fingerprint density at radius 3 is 2.71 bits per heavy atom. The smallest absolute Gasteiger partial charge is 0.247 e. The molecule has 6 rings (SSSR count). The molecule has 1 N–H and O–H groups in total. The van der Waals surface area contributed by atoms with Crippen molar-refractivity contribution >= 4 is 28.2 Å². The number of aromatic nitrogens is 3. The van der Waals surface area contributed by atoms with Crippen LogP contribution in [-0.4, -0.2) is 77.9 Å². The molecular weight excluding hydrogens is 516 g/mol. The third-order valence-electron chi connectivity index (χ3n) is 8.09. The van der Waals surface area contributed by atoms with Gasteiger partial charge in [-0.1, -0.05) is 24.8 Å². The minimum atomic E-state index is -0.247. The van der Waals surface area contributed by atoms with Gasteiger partial charge >= 0.3 is 0 Å². The number of morpholine rings is 1. The number of amides is 1. The number of piperidine rings is 1. The summed E-state index contributed by atoms with van der Waals surface area (Å²) in [6.45, 7) is 9.07. The number of anilines is 2. The zero-order valence-corrected chi connectivity index (χ0v) is 23.5. The molecule has 9 heteroatoms. The van der Waals surface area contributed by atoms with E-state index in [1.54, 1.807) is 13.3 Å². The number of hydrogen-bond donors (Lipinski definition) is 1. The number of para-hydroxylation sites is 1. The van der Waals surface area contributed by atoms with Gasteiger partial charge in [-0.25, -0.2) is 9.97 Å². The molecule has 1 amide bonds. The van der Waals surface area contributed by atoms with Crippen molar-refractivity contribution in [3.05, 3.63) is 85.0 Å². The lowest BCUT2D eigenvalue weighted by molar-refractivity contribution is -0.111. The van der Waals surface area contributed by atoms with Crippen molar-refractivity contribution in [2.24, 2.45) is 0 Å². The number of carbonyl (C=O) groups excluding carboxylic acids is 1. The van der Waals surface area contributed by atoms with Crippen LogP contribution in [0, 0.1) is 0 Å². The van der Waals surface area contributed by atoms with E-state index in [4.69, 9.17) is 14.5 Å². The predicted molar refractivity (Wildman–Crippen MR) is 161 cm³/mol. The lowest BCUT2D eigenvalue weighted by Crippen LogP contribution is -2.49. The van der Waals surface area contributed by atoms with Crippen LogP contribution in [0.5, 0.6) is 5.75 Å². The minimum absolute atomic E-state index is 0.247. The number of rotatable bonds is 8. The summed E-state index contributed by atoms with van der Waals surface area (Å²) in [6, 6.07) is 16.8. The largest absolute Gasteiger partial charge is 0.496 e. The molecule has 0 unspecified atom stereocenters. The fourth-order valence-electron chi connectivity index (χ4n) is 5.96. The van der Waals surface area contributed by atoms with Gasteiger partial charge in [0.05, 0.1) is 37.2 Å². The molecule has 0 spiro atoms. The average molecular weight is 553 g/mol. The highest BCUT2D eigenvalue weighted by Crippen LogP contribution is 2.37. The maximum Gasteiger partial charge on any atom is 0.247 e. The van der Waals surface area contributed by atoms with Gasteiger partial charge in [0, 0.05) is 62.7 Å². The molecule has 2 aliphatic rings. The first-order valence-electron chi connectivity index (χ1n) is 14.2. The van der Waals surface area contributed by atoms with Crippen molar-refractivity contribution in [2.75, 3.05) is 56.7 Å². The normalized spacial score (nSPS) is 16.6. The summed E-state index contributed by atoms with van der Waals surface area (Å²) in [5.41, 5.74) is 3.68. The molecule has 2 fully saturated rings. The van der Waals surface area contributed by atoms with Crippen LogP contribution in [0.3, 0.4) is 0 Å². The Morgan fingerprint density at radius 2 is 1.93 bits per heavy atom. The number of ether oxygens (including phenoxy) is 2. The molecule has 41 heavy (non-hydrogen) atoms. The van der Waals surface area contributed by atoms with Crippen LogP contribution in [0.15, 0.2) is 73.6 Å². The van der Waals surface area contributed by atoms with E-state index < -0.39 is 0 Å². The topological polar surface area (TPSA) is 84.8 Å². The molecule has 212 valence electrons. The van der Waals surface area contributed by atoms with Crippen molar-refractivity contribution in [1.29, 1.82) is 0 Å². The van der Waals surface area contributed by atoms with Gasteiger partial charge in [0.2, 0.25) is 5.91 Å². The second-order valence-corrected chi connectivity index (χ2v) is 10.5. The van der Waals surface area contributed by atoms with Gasteiger partial charge in [0.25, 0.3) is 0 Å². The zero-order valence-electron chi connectivity index (χ0n) is 23.5. The lowest BCUT2D eigenvalue weighted by atomic mass is 10.0. The van der Waals surface area contributed by atoms with Crippen molar-refractivity contribution < 1.29 is 14.3 Å². The number of nitrogens with zero attached hydrogens (tertiary/aromatic N) is 5. The molecule has 2 aromatic heterocycles. The van der Waals surface area contributed by atoms with Crippen molar-refractivity contribution in [1.82, 2.24) is 19.4 Å². The average Bonchev–Trinajstić information content (AvgIpc) is 3.46. The van der Waals surface area contributed by atoms with Gasteiger partial charge in [-0.05, 0) is 48.6 Å². The summed E-state index contributed by atoms with van der Waals surface area (Å²) in [6.07, 6.45) is 7.68. The van der Waals surface area contributed by atoms with E-state index in [2.05, 4.69) is 49.4 Å². The van der Waals surface area contributed by atoms with E-state index in [9.17, 15) is 4.79 Å². The van der Waals surface area contributed by atoms with Crippen LogP contribution in [0.4, 0.5) is 11.4 Å². The van der Waals surface area contributed by atoms with Gasteiger partial charge < -0.3 is 24.3 Å². The van der Waals surface area contributed by atoms with E-state index in [0.717, 1.165) is 91.6 Å². The van der Waals surface area contributed by atoms with E-state index in [-0.39, 0.29) is 5.91 Å². The van der Waals surface area contributed by atoms with Gasteiger partial charge in [0.15, 0.2) is 0 Å². The number of methoxy groups -OCH3 is 1. The Kier molecular flexibility index (Phi) is 7.98. The maximum absolute atomic E-state index is 12.5. The van der Waals surface area contributed by atoms with Crippen LogP contribution in [0.25, 0.3) is 16.7 Å². The fourth-order valence-corrected chi connectivity index (χ4v) is 5.96. The first kappa shape index (κ1) is 27.0. The Morgan fingerprint density at radius 1 is 1.12 bits per heavy atom. The Labute approximate surface area is 240 Å². The predicted octanol–water partition coefficient (Wildman–Crippen LogP) is 4.45. The quantitative estimate of drug-likeness (QED) is 0.324. The van der Waals surface area contributed by atoms with Crippen LogP contribution in [0.1, 0.15) is 24.2 Å².